The van der Waals surface area contributed by atoms with E-state index in [2.05, 4.69) is 4.98 Å². The Kier molecular flexibility index (Phi) is 3.48. The van der Waals surface area contributed by atoms with Crippen molar-refractivity contribution in [2.75, 3.05) is 6.61 Å². The van der Waals surface area contributed by atoms with Crippen molar-refractivity contribution in [1.29, 1.82) is 0 Å². The van der Waals surface area contributed by atoms with Crippen molar-refractivity contribution in [3.63, 3.8) is 0 Å². The number of ether oxygens (including phenoxy) is 1. The quantitative estimate of drug-likeness (QED) is 0.797. The highest BCUT2D eigenvalue weighted by molar-refractivity contribution is 5.93. The predicted octanol–water partition coefficient (Wildman–Crippen LogP) is 1.12. The molecule has 100 valence electrons. The van der Waals surface area contributed by atoms with Crippen molar-refractivity contribution >= 4 is 23.0 Å². The van der Waals surface area contributed by atoms with Crippen molar-refractivity contribution < 1.29 is 29.0 Å². The Morgan fingerprint density at radius 3 is 2.84 bits per heavy atom. The number of aliphatic hydroxyl groups is 1. The number of carbonyl (C=O) groups excluding carboxylic acids is 1. The lowest BCUT2D eigenvalue weighted by atomic mass is 10.2. The van der Waals surface area contributed by atoms with Crippen LogP contribution in [0, 0.1) is 0 Å². The summed E-state index contributed by atoms with van der Waals surface area (Å²) in [6.45, 7) is 1.93. The van der Waals surface area contributed by atoms with Crippen LogP contribution in [-0.4, -0.2) is 33.7 Å². The second-order valence-corrected chi connectivity index (χ2v) is 3.70. The smallest absolute Gasteiger partial charge is 0.342 e. The standard InChI is InChI=1S/C12H11NO6/c1-2-18-12(17)6-3-4-7-8(5-6)19-10(13-7)9(14)11(15)16/h3-5,9,14H,2H2,1H3,(H,15,16). The number of nitrogens with zero attached hydrogens (tertiary/aromatic N) is 1. The van der Waals surface area contributed by atoms with E-state index < -0.39 is 18.0 Å². The highest BCUT2D eigenvalue weighted by Gasteiger charge is 2.22. The first-order valence-electron chi connectivity index (χ1n) is 5.51. The van der Waals surface area contributed by atoms with Crippen molar-refractivity contribution in [3.8, 4) is 0 Å². The number of aliphatic carboxylic acids is 1. The maximum atomic E-state index is 11.5. The summed E-state index contributed by atoms with van der Waals surface area (Å²) < 4.78 is 9.94. The topological polar surface area (TPSA) is 110 Å². The van der Waals surface area contributed by atoms with E-state index in [4.69, 9.17) is 14.3 Å². The molecular weight excluding hydrogens is 254 g/mol. The highest BCUT2D eigenvalue weighted by Crippen LogP contribution is 2.21. The van der Waals surface area contributed by atoms with E-state index >= 15 is 0 Å². The Labute approximate surface area is 107 Å². The third-order valence-corrected chi connectivity index (χ3v) is 2.38. The second-order valence-electron chi connectivity index (χ2n) is 3.70. The van der Waals surface area contributed by atoms with Gasteiger partial charge in [-0.05, 0) is 25.1 Å². The van der Waals surface area contributed by atoms with Crippen molar-refractivity contribution in [2.24, 2.45) is 0 Å². The maximum absolute atomic E-state index is 11.5. The Bertz CT molecular complexity index is 632. The molecule has 2 aromatic rings. The number of aliphatic hydroxyl groups excluding tert-OH is 1. The lowest BCUT2D eigenvalue weighted by molar-refractivity contribution is -0.148. The minimum absolute atomic E-state index is 0.209. The normalized spacial score (nSPS) is 12.3. The molecule has 1 unspecified atom stereocenters. The molecule has 0 aliphatic carbocycles. The molecule has 1 atom stereocenters. The number of carbonyl (C=O) groups is 2. The Balaban J connectivity index is 2.38. The van der Waals surface area contributed by atoms with Crippen LogP contribution >= 0.6 is 0 Å². The zero-order chi connectivity index (χ0) is 14.0. The zero-order valence-corrected chi connectivity index (χ0v) is 9.99. The largest absolute Gasteiger partial charge is 0.479 e. The number of hydrogen-bond acceptors (Lipinski definition) is 6. The van der Waals surface area contributed by atoms with E-state index in [1.165, 1.54) is 18.2 Å². The SMILES string of the molecule is CCOC(=O)c1ccc2nc(C(O)C(=O)O)oc2c1. The van der Waals surface area contributed by atoms with Gasteiger partial charge in [-0.3, -0.25) is 0 Å². The van der Waals surface area contributed by atoms with E-state index in [1.807, 2.05) is 0 Å². The first-order valence-corrected chi connectivity index (χ1v) is 5.51. The average molecular weight is 265 g/mol. The number of carboxylic acid groups (broad SMARTS) is 1. The third kappa shape index (κ3) is 2.55. The van der Waals surface area contributed by atoms with Crippen LogP contribution in [0.1, 0.15) is 29.3 Å². The summed E-state index contributed by atoms with van der Waals surface area (Å²) >= 11 is 0. The fraction of sp³-hybridized carbons (Fsp3) is 0.250. The van der Waals surface area contributed by atoms with Gasteiger partial charge in [0.25, 0.3) is 0 Å². The molecule has 0 saturated carbocycles. The highest BCUT2D eigenvalue weighted by atomic mass is 16.5. The van der Waals surface area contributed by atoms with Gasteiger partial charge in [-0.2, -0.15) is 0 Å². The summed E-state index contributed by atoms with van der Waals surface area (Å²) in [6.07, 6.45) is -1.83. The summed E-state index contributed by atoms with van der Waals surface area (Å²) in [6, 6.07) is 4.36. The maximum Gasteiger partial charge on any atom is 0.342 e. The van der Waals surface area contributed by atoms with Gasteiger partial charge in [-0.1, -0.05) is 0 Å². The molecule has 7 nitrogen and oxygen atoms in total. The van der Waals surface area contributed by atoms with Gasteiger partial charge in [0.15, 0.2) is 5.58 Å². The zero-order valence-electron chi connectivity index (χ0n) is 9.99. The van der Waals surface area contributed by atoms with Gasteiger partial charge >= 0.3 is 11.9 Å². The van der Waals surface area contributed by atoms with E-state index in [0.717, 1.165) is 0 Å². The summed E-state index contributed by atoms with van der Waals surface area (Å²) in [5, 5.41) is 18.0. The third-order valence-electron chi connectivity index (χ3n) is 2.38. The summed E-state index contributed by atoms with van der Waals surface area (Å²) in [5.74, 6) is -2.30. The molecule has 7 heteroatoms. The molecule has 0 amide bonds. The number of benzene rings is 1. The molecule has 1 aromatic carbocycles. The molecule has 1 heterocycles. The average Bonchev–Trinajstić information content (AvgIpc) is 2.80. The van der Waals surface area contributed by atoms with Crippen LogP contribution in [0.15, 0.2) is 22.6 Å². The number of oxazole rings is 1. The van der Waals surface area contributed by atoms with Crippen LogP contribution in [-0.2, 0) is 9.53 Å². The summed E-state index contributed by atoms with van der Waals surface area (Å²) in [5.41, 5.74) is 0.825. The molecule has 19 heavy (non-hydrogen) atoms. The molecule has 0 aliphatic rings. The van der Waals surface area contributed by atoms with Crippen LogP contribution < -0.4 is 0 Å². The lowest BCUT2D eigenvalue weighted by Gasteiger charge is -2.00. The van der Waals surface area contributed by atoms with Gasteiger partial charge in [-0.25, -0.2) is 14.6 Å². The molecule has 0 fully saturated rings. The number of hydrogen-bond donors (Lipinski definition) is 2. The van der Waals surface area contributed by atoms with Gasteiger partial charge in [0.05, 0.1) is 12.2 Å². The molecular formula is C12H11NO6. The molecule has 1 aromatic heterocycles. The number of esters is 1. The van der Waals surface area contributed by atoms with Crippen molar-refractivity contribution in [3.05, 3.63) is 29.7 Å². The van der Waals surface area contributed by atoms with Gasteiger partial charge in [0.2, 0.25) is 12.0 Å². The molecule has 2 N–H and O–H groups in total. The molecule has 0 radical (unpaired) electrons. The first kappa shape index (κ1) is 13.0. The Morgan fingerprint density at radius 2 is 2.21 bits per heavy atom. The monoisotopic (exact) mass is 265 g/mol. The first-order chi connectivity index (χ1) is 9.02. The molecule has 0 bridgehead atoms. The second kappa shape index (κ2) is 5.07. The van der Waals surface area contributed by atoms with Crippen molar-refractivity contribution in [2.45, 2.75) is 13.0 Å². The van der Waals surface area contributed by atoms with E-state index in [1.54, 1.807) is 6.92 Å². The van der Waals surface area contributed by atoms with E-state index in [-0.39, 0.29) is 23.6 Å². The minimum Gasteiger partial charge on any atom is -0.479 e. The molecule has 2 rings (SSSR count). The number of aromatic nitrogens is 1. The van der Waals surface area contributed by atoms with Crippen LogP contribution in [0.2, 0.25) is 0 Å². The predicted molar refractivity (Wildman–Crippen MR) is 62.6 cm³/mol. The van der Waals surface area contributed by atoms with E-state index in [0.29, 0.717) is 5.52 Å². The summed E-state index contributed by atoms with van der Waals surface area (Å²) in [4.78, 5) is 26.0. The fourth-order valence-corrected chi connectivity index (χ4v) is 1.51. The number of rotatable bonds is 4. The van der Waals surface area contributed by atoms with Gasteiger partial charge in [-0.15, -0.1) is 0 Å². The minimum atomic E-state index is -1.83. The molecule has 0 aliphatic heterocycles. The molecule has 0 saturated heterocycles. The van der Waals surface area contributed by atoms with Gasteiger partial charge in [0.1, 0.15) is 5.52 Å². The van der Waals surface area contributed by atoms with Crippen LogP contribution in [0.25, 0.3) is 11.1 Å². The van der Waals surface area contributed by atoms with Crippen LogP contribution in [0.3, 0.4) is 0 Å². The van der Waals surface area contributed by atoms with Crippen LogP contribution in [0.4, 0.5) is 0 Å². The van der Waals surface area contributed by atoms with Crippen LogP contribution in [0.5, 0.6) is 0 Å². The van der Waals surface area contributed by atoms with E-state index in [9.17, 15) is 14.7 Å². The summed E-state index contributed by atoms with van der Waals surface area (Å²) in [7, 11) is 0. The van der Waals surface area contributed by atoms with Gasteiger partial charge < -0.3 is 19.4 Å². The molecule has 0 spiro atoms. The Hall–Kier alpha value is -2.41. The number of carboxylic acids is 1. The fourth-order valence-electron chi connectivity index (χ4n) is 1.51. The number of fused-ring (bicyclic) bond motifs is 1. The van der Waals surface area contributed by atoms with Crippen molar-refractivity contribution in [1.82, 2.24) is 4.98 Å². The van der Waals surface area contributed by atoms with Gasteiger partial charge in [0, 0.05) is 0 Å². The Morgan fingerprint density at radius 1 is 1.47 bits per heavy atom. The lowest BCUT2D eigenvalue weighted by Crippen LogP contribution is -2.10.